The number of hydrogen-bond acceptors (Lipinski definition) is 2. The van der Waals surface area contributed by atoms with Crippen molar-refractivity contribution in [2.75, 3.05) is 6.61 Å². The molecular formula is C18H19ClO2. The van der Waals surface area contributed by atoms with Gasteiger partial charge in [0.15, 0.2) is 6.61 Å². The fourth-order valence-corrected chi connectivity index (χ4v) is 2.29. The van der Waals surface area contributed by atoms with Crippen LogP contribution in [0, 0.1) is 0 Å². The number of hydrogen-bond donors (Lipinski definition) is 0. The molecule has 0 saturated heterocycles. The van der Waals surface area contributed by atoms with Crippen LogP contribution in [-0.2, 0) is 6.42 Å². The normalized spacial score (nSPS) is 10.4. The molecule has 2 nitrogen and oxygen atoms in total. The van der Waals surface area contributed by atoms with Gasteiger partial charge >= 0.3 is 0 Å². The zero-order valence-electron chi connectivity index (χ0n) is 12.1. The van der Waals surface area contributed by atoms with Crippen molar-refractivity contribution in [3.63, 3.8) is 0 Å². The number of aryl methyl sites for hydroxylation is 1. The highest BCUT2D eigenvalue weighted by Gasteiger charge is 2.10. The van der Waals surface area contributed by atoms with Crippen LogP contribution < -0.4 is 4.74 Å². The quantitative estimate of drug-likeness (QED) is 0.677. The molecule has 110 valence electrons. The van der Waals surface area contributed by atoms with Gasteiger partial charge in [0, 0.05) is 5.56 Å². The van der Waals surface area contributed by atoms with E-state index in [1.165, 1.54) is 18.4 Å². The topological polar surface area (TPSA) is 26.3 Å². The van der Waals surface area contributed by atoms with E-state index in [-0.39, 0.29) is 12.4 Å². The molecule has 0 amide bonds. The number of carbonyl (C=O) groups is 1. The molecule has 0 spiro atoms. The van der Waals surface area contributed by atoms with Gasteiger partial charge < -0.3 is 4.74 Å². The van der Waals surface area contributed by atoms with Gasteiger partial charge in [-0.2, -0.15) is 0 Å². The Kier molecular flexibility index (Phi) is 5.82. The van der Waals surface area contributed by atoms with Crippen LogP contribution in [0.1, 0.15) is 35.7 Å². The van der Waals surface area contributed by atoms with Crippen molar-refractivity contribution in [1.82, 2.24) is 0 Å². The number of Topliss-reactive ketones (excluding diaryl/α,β-unsaturated/α-hetero) is 1. The van der Waals surface area contributed by atoms with E-state index in [4.69, 9.17) is 16.3 Å². The van der Waals surface area contributed by atoms with E-state index in [1.807, 2.05) is 24.3 Å². The first-order chi connectivity index (χ1) is 10.2. The summed E-state index contributed by atoms with van der Waals surface area (Å²) >= 11 is 5.99. The summed E-state index contributed by atoms with van der Waals surface area (Å²) in [4.78, 5) is 12.0. The van der Waals surface area contributed by atoms with E-state index < -0.39 is 0 Å². The Morgan fingerprint density at radius 2 is 1.81 bits per heavy atom. The molecule has 2 aromatic carbocycles. The predicted molar refractivity (Wildman–Crippen MR) is 86.3 cm³/mol. The van der Waals surface area contributed by atoms with Gasteiger partial charge in [-0.25, -0.2) is 0 Å². The number of ketones is 1. The van der Waals surface area contributed by atoms with Crippen molar-refractivity contribution < 1.29 is 9.53 Å². The fraction of sp³-hybridized carbons (Fsp3) is 0.278. The molecule has 0 saturated carbocycles. The van der Waals surface area contributed by atoms with Gasteiger partial charge in [-0.1, -0.05) is 49.2 Å². The van der Waals surface area contributed by atoms with Crippen LogP contribution in [0.25, 0.3) is 0 Å². The first-order valence-electron chi connectivity index (χ1n) is 7.20. The van der Waals surface area contributed by atoms with Gasteiger partial charge in [-0.15, -0.1) is 0 Å². The molecule has 0 aliphatic carbocycles. The molecule has 0 N–H and O–H groups in total. The largest absolute Gasteiger partial charge is 0.485 e. The summed E-state index contributed by atoms with van der Waals surface area (Å²) in [7, 11) is 0. The maximum absolute atomic E-state index is 12.0. The lowest BCUT2D eigenvalue weighted by Gasteiger charge is -2.07. The number of ether oxygens (including phenoxy) is 1. The summed E-state index contributed by atoms with van der Waals surface area (Å²) in [5.41, 5.74) is 1.79. The molecule has 0 aliphatic rings. The van der Waals surface area contributed by atoms with E-state index in [9.17, 15) is 4.79 Å². The highest BCUT2D eigenvalue weighted by Crippen LogP contribution is 2.17. The van der Waals surface area contributed by atoms with Crippen molar-refractivity contribution >= 4 is 17.4 Å². The minimum atomic E-state index is -0.115. The Balaban J connectivity index is 1.91. The number of benzene rings is 2. The van der Waals surface area contributed by atoms with Crippen LogP contribution >= 0.6 is 11.6 Å². The molecule has 0 fully saturated rings. The highest BCUT2D eigenvalue weighted by atomic mass is 35.5. The maximum atomic E-state index is 12.0. The summed E-state index contributed by atoms with van der Waals surface area (Å²) in [6.45, 7) is 2.18. The second-order valence-corrected chi connectivity index (χ2v) is 5.35. The average molecular weight is 303 g/mol. The molecule has 2 rings (SSSR count). The molecule has 0 atom stereocenters. The van der Waals surface area contributed by atoms with Crippen molar-refractivity contribution in [3.8, 4) is 5.75 Å². The SMILES string of the molecule is CCCCc1ccc(OCC(=O)c2ccccc2Cl)cc1. The summed E-state index contributed by atoms with van der Waals surface area (Å²) in [6.07, 6.45) is 3.45. The molecular weight excluding hydrogens is 284 g/mol. The van der Waals surface area contributed by atoms with Crippen LogP contribution in [0.4, 0.5) is 0 Å². The third kappa shape index (κ3) is 4.61. The number of halogens is 1. The number of carbonyl (C=O) groups excluding carboxylic acids is 1. The number of unbranched alkanes of at least 4 members (excludes halogenated alkanes) is 1. The number of rotatable bonds is 7. The maximum Gasteiger partial charge on any atom is 0.201 e. The molecule has 2 aromatic rings. The minimum Gasteiger partial charge on any atom is -0.485 e. The van der Waals surface area contributed by atoms with Crippen LogP contribution in [-0.4, -0.2) is 12.4 Å². The molecule has 3 heteroatoms. The zero-order valence-corrected chi connectivity index (χ0v) is 12.9. The van der Waals surface area contributed by atoms with E-state index in [0.29, 0.717) is 16.3 Å². The highest BCUT2D eigenvalue weighted by molar-refractivity contribution is 6.34. The summed E-state index contributed by atoms with van der Waals surface area (Å²) in [6, 6.07) is 14.9. The van der Waals surface area contributed by atoms with Gasteiger partial charge in [0.2, 0.25) is 5.78 Å². The Morgan fingerprint density at radius 1 is 1.10 bits per heavy atom. The van der Waals surface area contributed by atoms with Gasteiger partial charge in [0.1, 0.15) is 5.75 Å². The standard InChI is InChI=1S/C18H19ClO2/c1-2-3-6-14-9-11-15(12-10-14)21-13-18(20)16-7-4-5-8-17(16)19/h4-5,7-12H,2-3,6,13H2,1H3. The van der Waals surface area contributed by atoms with Crippen molar-refractivity contribution in [3.05, 3.63) is 64.7 Å². The molecule has 0 unspecified atom stereocenters. The summed E-state index contributed by atoms with van der Waals surface area (Å²) in [5.74, 6) is 0.589. The van der Waals surface area contributed by atoms with Gasteiger partial charge in [-0.3, -0.25) is 4.79 Å². The lowest BCUT2D eigenvalue weighted by molar-refractivity contribution is 0.0921. The van der Waals surface area contributed by atoms with Crippen LogP contribution in [0.2, 0.25) is 5.02 Å². The second-order valence-electron chi connectivity index (χ2n) is 4.94. The van der Waals surface area contributed by atoms with Crippen LogP contribution in [0.15, 0.2) is 48.5 Å². The first kappa shape index (κ1) is 15.6. The van der Waals surface area contributed by atoms with Gasteiger partial charge in [0.25, 0.3) is 0 Å². The third-order valence-electron chi connectivity index (χ3n) is 3.29. The fourth-order valence-electron chi connectivity index (χ4n) is 2.05. The van der Waals surface area contributed by atoms with Crippen molar-refractivity contribution in [1.29, 1.82) is 0 Å². The van der Waals surface area contributed by atoms with Gasteiger partial charge in [-0.05, 0) is 42.7 Å². The van der Waals surface area contributed by atoms with Crippen molar-refractivity contribution in [2.45, 2.75) is 26.2 Å². The molecule has 0 aliphatic heterocycles. The molecule has 0 bridgehead atoms. The second kappa shape index (κ2) is 7.84. The van der Waals surface area contributed by atoms with E-state index in [2.05, 4.69) is 6.92 Å². The Morgan fingerprint density at radius 3 is 2.48 bits per heavy atom. The Hall–Kier alpha value is -1.80. The molecule has 21 heavy (non-hydrogen) atoms. The predicted octanol–water partition coefficient (Wildman–Crippen LogP) is 4.94. The lowest BCUT2D eigenvalue weighted by atomic mass is 10.1. The Bertz CT molecular complexity index is 590. The van der Waals surface area contributed by atoms with E-state index in [0.717, 1.165) is 6.42 Å². The minimum absolute atomic E-state index is 0.00194. The average Bonchev–Trinajstić information content (AvgIpc) is 2.52. The Labute approximate surface area is 130 Å². The van der Waals surface area contributed by atoms with Crippen LogP contribution in [0.5, 0.6) is 5.75 Å². The van der Waals surface area contributed by atoms with Gasteiger partial charge in [0.05, 0.1) is 5.02 Å². The van der Waals surface area contributed by atoms with Crippen LogP contribution in [0.3, 0.4) is 0 Å². The summed E-state index contributed by atoms with van der Waals surface area (Å²) in [5, 5.41) is 0.459. The van der Waals surface area contributed by atoms with E-state index >= 15 is 0 Å². The lowest BCUT2D eigenvalue weighted by Crippen LogP contribution is -2.12. The molecule has 0 aromatic heterocycles. The zero-order chi connectivity index (χ0) is 15.1. The molecule has 0 heterocycles. The first-order valence-corrected chi connectivity index (χ1v) is 7.58. The van der Waals surface area contributed by atoms with Crippen molar-refractivity contribution in [2.24, 2.45) is 0 Å². The monoisotopic (exact) mass is 302 g/mol. The summed E-state index contributed by atoms with van der Waals surface area (Å²) < 4.78 is 5.53. The van der Waals surface area contributed by atoms with E-state index in [1.54, 1.807) is 24.3 Å². The third-order valence-corrected chi connectivity index (χ3v) is 3.62. The molecule has 0 radical (unpaired) electrons. The smallest absolute Gasteiger partial charge is 0.201 e.